The number of hydrogen-bond donors (Lipinski definition) is 1. The number of morpholine rings is 1. The molecule has 2 heterocycles. The number of nitrogens with zero attached hydrogens (tertiary/aromatic N) is 3. The Hall–Kier alpha value is -0.430. The third-order valence-electron chi connectivity index (χ3n) is 3.36. The normalized spacial score (nSPS) is 21.4. The van der Waals surface area contributed by atoms with Crippen molar-refractivity contribution < 1.29 is 4.74 Å². The van der Waals surface area contributed by atoms with Crippen molar-refractivity contribution in [2.45, 2.75) is 26.0 Å². The quantitative estimate of drug-likeness (QED) is 0.897. The number of aromatic nitrogens is 2. The van der Waals surface area contributed by atoms with Crippen LogP contribution in [-0.4, -0.2) is 47.0 Å². The SMILES string of the molecule is CCc1nn(C)c(CN2CCOC(CN)C2)c1Br. The second-order valence-corrected chi connectivity index (χ2v) is 5.44. The van der Waals surface area contributed by atoms with Crippen molar-refractivity contribution >= 4 is 15.9 Å². The highest BCUT2D eigenvalue weighted by molar-refractivity contribution is 9.10. The van der Waals surface area contributed by atoms with Crippen LogP contribution in [0.25, 0.3) is 0 Å². The number of aryl methyl sites for hydroxylation is 2. The van der Waals surface area contributed by atoms with Gasteiger partial charge < -0.3 is 10.5 Å². The smallest absolute Gasteiger partial charge is 0.0824 e. The molecular formula is C12H21BrN4O. The van der Waals surface area contributed by atoms with Gasteiger partial charge in [0.1, 0.15) is 0 Å². The van der Waals surface area contributed by atoms with Gasteiger partial charge in [-0.2, -0.15) is 5.10 Å². The van der Waals surface area contributed by atoms with Gasteiger partial charge in [-0.1, -0.05) is 6.92 Å². The lowest BCUT2D eigenvalue weighted by Crippen LogP contribution is -2.45. The van der Waals surface area contributed by atoms with Crippen LogP contribution in [-0.2, 0) is 24.8 Å². The molecule has 1 aliphatic heterocycles. The van der Waals surface area contributed by atoms with Gasteiger partial charge in [-0.25, -0.2) is 0 Å². The summed E-state index contributed by atoms with van der Waals surface area (Å²) in [5.74, 6) is 0. The summed E-state index contributed by atoms with van der Waals surface area (Å²) in [6.07, 6.45) is 1.11. The first-order chi connectivity index (χ1) is 8.65. The van der Waals surface area contributed by atoms with Crippen molar-refractivity contribution in [3.8, 4) is 0 Å². The van der Waals surface area contributed by atoms with E-state index >= 15 is 0 Å². The van der Waals surface area contributed by atoms with E-state index < -0.39 is 0 Å². The van der Waals surface area contributed by atoms with E-state index in [-0.39, 0.29) is 6.10 Å². The lowest BCUT2D eigenvalue weighted by Gasteiger charge is -2.32. The van der Waals surface area contributed by atoms with Crippen LogP contribution in [0.5, 0.6) is 0 Å². The van der Waals surface area contributed by atoms with Gasteiger partial charge in [-0.15, -0.1) is 0 Å². The maximum Gasteiger partial charge on any atom is 0.0824 e. The molecule has 6 heteroatoms. The number of rotatable bonds is 4. The summed E-state index contributed by atoms with van der Waals surface area (Å²) in [5.41, 5.74) is 8.01. The molecule has 1 atom stereocenters. The van der Waals surface area contributed by atoms with Crippen LogP contribution in [0.15, 0.2) is 4.47 Å². The third-order valence-corrected chi connectivity index (χ3v) is 4.28. The molecule has 2 N–H and O–H groups in total. The first kappa shape index (κ1) is 14.0. The molecule has 0 radical (unpaired) electrons. The lowest BCUT2D eigenvalue weighted by molar-refractivity contribution is -0.0267. The van der Waals surface area contributed by atoms with Crippen molar-refractivity contribution in [2.24, 2.45) is 12.8 Å². The maximum absolute atomic E-state index is 5.67. The van der Waals surface area contributed by atoms with E-state index in [1.165, 1.54) is 5.69 Å². The number of hydrogen-bond acceptors (Lipinski definition) is 4. The highest BCUT2D eigenvalue weighted by Gasteiger charge is 2.22. The number of nitrogens with two attached hydrogens (primary N) is 1. The Balaban J connectivity index is 2.07. The molecule has 0 spiro atoms. The Labute approximate surface area is 116 Å². The highest BCUT2D eigenvalue weighted by atomic mass is 79.9. The molecule has 0 bridgehead atoms. The average Bonchev–Trinajstić information content (AvgIpc) is 2.66. The van der Waals surface area contributed by atoms with Gasteiger partial charge in [-0.05, 0) is 22.4 Å². The lowest BCUT2D eigenvalue weighted by atomic mass is 10.2. The molecule has 1 saturated heterocycles. The van der Waals surface area contributed by atoms with Gasteiger partial charge in [0.25, 0.3) is 0 Å². The van der Waals surface area contributed by atoms with Gasteiger partial charge in [0.2, 0.25) is 0 Å². The van der Waals surface area contributed by atoms with Crippen LogP contribution in [0.2, 0.25) is 0 Å². The predicted octanol–water partition coefficient (Wildman–Crippen LogP) is 0.905. The van der Waals surface area contributed by atoms with Crippen molar-refractivity contribution in [3.05, 3.63) is 15.9 Å². The van der Waals surface area contributed by atoms with E-state index in [1.54, 1.807) is 0 Å². The summed E-state index contributed by atoms with van der Waals surface area (Å²) in [4.78, 5) is 2.38. The Bertz CT molecular complexity index is 407. The third kappa shape index (κ3) is 2.93. The van der Waals surface area contributed by atoms with Gasteiger partial charge in [0.15, 0.2) is 0 Å². The van der Waals surface area contributed by atoms with Crippen LogP contribution in [0.1, 0.15) is 18.3 Å². The van der Waals surface area contributed by atoms with Gasteiger partial charge in [0, 0.05) is 33.2 Å². The molecule has 102 valence electrons. The summed E-state index contributed by atoms with van der Waals surface area (Å²) < 4.78 is 8.69. The van der Waals surface area contributed by atoms with E-state index in [0.717, 1.165) is 42.8 Å². The zero-order valence-electron chi connectivity index (χ0n) is 11.0. The molecule has 5 nitrogen and oxygen atoms in total. The summed E-state index contributed by atoms with van der Waals surface area (Å²) in [7, 11) is 2.00. The second kappa shape index (κ2) is 6.14. The fraction of sp³-hybridized carbons (Fsp3) is 0.750. The standard InChI is InChI=1S/C12H21BrN4O/c1-3-10-12(13)11(16(2)15-10)8-17-4-5-18-9(6-14)7-17/h9H,3-8,14H2,1-2H3. The predicted molar refractivity (Wildman–Crippen MR) is 74.4 cm³/mol. The van der Waals surface area contributed by atoms with Gasteiger partial charge in [0.05, 0.1) is 28.6 Å². The minimum atomic E-state index is 0.163. The minimum absolute atomic E-state index is 0.163. The Morgan fingerprint density at radius 1 is 1.56 bits per heavy atom. The van der Waals surface area contributed by atoms with Gasteiger partial charge in [-0.3, -0.25) is 9.58 Å². The molecule has 0 aromatic carbocycles. The first-order valence-corrected chi connectivity index (χ1v) is 7.19. The Kier molecular flexibility index (Phi) is 4.77. The fourth-order valence-corrected chi connectivity index (χ4v) is 3.01. The number of halogens is 1. The van der Waals surface area contributed by atoms with E-state index in [4.69, 9.17) is 10.5 Å². The van der Waals surface area contributed by atoms with E-state index in [2.05, 4.69) is 32.9 Å². The average molecular weight is 317 g/mol. The molecule has 1 aliphatic rings. The number of ether oxygens (including phenoxy) is 1. The maximum atomic E-state index is 5.67. The molecule has 1 aromatic rings. The fourth-order valence-electron chi connectivity index (χ4n) is 2.27. The minimum Gasteiger partial charge on any atom is -0.374 e. The molecule has 2 rings (SSSR count). The van der Waals surface area contributed by atoms with Crippen molar-refractivity contribution in [1.29, 1.82) is 0 Å². The largest absolute Gasteiger partial charge is 0.374 e. The van der Waals surface area contributed by atoms with Crippen LogP contribution >= 0.6 is 15.9 Å². The Morgan fingerprint density at radius 2 is 2.33 bits per heavy atom. The summed E-state index contributed by atoms with van der Waals surface area (Å²) in [6, 6.07) is 0. The Morgan fingerprint density at radius 3 is 2.94 bits per heavy atom. The first-order valence-electron chi connectivity index (χ1n) is 6.40. The molecule has 1 aromatic heterocycles. The van der Waals surface area contributed by atoms with Crippen LogP contribution in [0.3, 0.4) is 0 Å². The molecular weight excluding hydrogens is 296 g/mol. The molecule has 18 heavy (non-hydrogen) atoms. The van der Waals surface area contributed by atoms with Crippen molar-refractivity contribution in [2.75, 3.05) is 26.2 Å². The molecule has 1 fully saturated rings. The summed E-state index contributed by atoms with van der Waals surface area (Å²) >= 11 is 3.66. The van der Waals surface area contributed by atoms with Crippen LogP contribution in [0.4, 0.5) is 0 Å². The van der Waals surface area contributed by atoms with Crippen molar-refractivity contribution in [1.82, 2.24) is 14.7 Å². The second-order valence-electron chi connectivity index (χ2n) is 4.65. The molecule has 1 unspecified atom stereocenters. The van der Waals surface area contributed by atoms with Gasteiger partial charge >= 0.3 is 0 Å². The summed E-state index contributed by atoms with van der Waals surface area (Å²) in [6.45, 7) is 6.21. The van der Waals surface area contributed by atoms with E-state index in [9.17, 15) is 0 Å². The molecule has 0 aliphatic carbocycles. The van der Waals surface area contributed by atoms with E-state index in [0.29, 0.717) is 6.54 Å². The van der Waals surface area contributed by atoms with Crippen LogP contribution < -0.4 is 5.73 Å². The van der Waals surface area contributed by atoms with E-state index in [1.807, 2.05) is 11.7 Å². The molecule has 0 amide bonds. The zero-order valence-corrected chi connectivity index (χ0v) is 12.6. The highest BCUT2D eigenvalue weighted by Crippen LogP contribution is 2.23. The van der Waals surface area contributed by atoms with Crippen LogP contribution in [0, 0.1) is 0 Å². The zero-order chi connectivity index (χ0) is 13.1. The topological polar surface area (TPSA) is 56.3 Å². The summed E-state index contributed by atoms with van der Waals surface area (Å²) in [5, 5.41) is 4.52. The van der Waals surface area contributed by atoms with Crippen molar-refractivity contribution in [3.63, 3.8) is 0 Å². The molecule has 0 saturated carbocycles. The monoisotopic (exact) mass is 316 g/mol.